The summed E-state index contributed by atoms with van der Waals surface area (Å²) < 4.78 is 0.905. The molecule has 2 atom stereocenters. The van der Waals surface area contributed by atoms with Gasteiger partial charge in [0.15, 0.2) is 0 Å². The molecule has 6 nitrogen and oxygen atoms in total. The highest BCUT2D eigenvalue weighted by Gasteiger charge is 2.33. The van der Waals surface area contributed by atoms with Crippen molar-refractivity contribution >= 4 is 51.2 Å². The van der Waals surface area contributed by atoms with Gasteiger partial charge in [-0.2, -0.15) is 0 Å². The van der Waals surface area contributed by atoms with Crippen LogP contribution in [0, 0.1) is 0 Å². The Morgan fingerprint density at radius 1 is 1.38 bits per heavy atom. The van der Waals surface area contributed by atoms with E-state index in [1.54, 1.807) is 24.3 Å². The molecule has 0 saturated carbocycles. The van der Waals surface area contributed by atoms with Crippen LogP contribution in [0.4, 0.5) is 5.69 Å². The van der Waals surface area contributed by atoms with Crippen molar-refractivity contribution in [3.05, 3.63) is 28.7 Å². The van der Waals surface area contributed by atoms with Gasteiger partial charge in [0, 0.05) is 22.3 Å². The molecule has 0 spiro atoms. The summed E-state index contributed by atoms with van der Waals surface area (Å²) in [5.74, 6) is -1.49. The molecular weight excluding hydrogens is 360 g/mol. The smallest absolute Gasteiger partial charge is 0.327 e. The first-order chi connectivity index (χ1) is 9.95. The standard InChI is InChI=1S/C13H13BrN2O4S/c14-7-1-3-8(4-2-7)15-11(17)5-10-12(18)16-9(6-21-10)13(19)20/h1-4,9-10H,5-6H2,(H,15,17)(H,16,18)(H,19,20)/t9-,10+/m0/s1. The molecule has 2 rings (SSSR count). The maximum Gasteiger partial charge on any atom is 0.327 e. The van der Waals surface area contributed by atoms with Gasteiger partial charge in [-0.15, -0.1) is 11.8 Å². The highest BCUT2D eigenvalue weighted by Crippen LogP contribution is 2.22. The van der Waals surface area contributed by atoms with Crippen LogP contribution in [0.15, 0.2) is 28.7 Å². The number of nitrogens with one attached hydrogen (secondary N) is 2. The summed E-state index contributed by atoms with van der Waals surface area (Å²) >= 11 is 4.49. The van der Waals surface area contributed by atoms with Crippen LogP contribution in [-0.2, 0) is 14.4 Å². The second kappa shape index (κ2) is 6.95. The molecule has 8 heteroatoms. The van der Waals surface area contributed by atoms with Crippen molar-refractivity contribution in [3.63, 3.8) is 0 Å². The normalized spacial score (nSPS) is 21.5. The van der Waals surface area contributed by atoms with Gasteiger partial charge in [-0.3, -0.25) is 9.59 Å². The Morgan fingerprint density at radius 2 is 2.05 bits per heavy atom. The first kappa shape index (κ1) is 15.8. The van der Waals surface area contributed by atoms with Gasteiger partial charge in [-0.1, -0.05) is 15.9 Å². The summed E-state index contributed by atoms with van der Waals surface area (Å²) in [6, 6.07) is 6.21. The second-order valence-corrected chi connectivity index (χ2v) is 6.63. The molecule has 3 N–H and O–H groups in total. The van der Waals surface area contributed by atoms with Crippen LogP contribution in [0.1, 0.15) is 6.42 Å². The summed E-state index contributed by atoms with van der Waals surface area (Å²) in [5.41, 5.74) is 0.646. The minimum absolute atomic E-state index is 0.0128. The van der Waals surface area contributed by atoms with Crippen molar-refractivity contribution in [2.75, 3.05) is 11.1 Å². The number of carbonyl (C=O) groups excluding carboxylic acids is 2. The number of anilines is 1. The Kier molecular flexibility index (Phi) is 5.24. The van der Waals surface area contributed by atoms with E-state index >= 15 is 0 Å². The van der Waals surface area contributed by atoms with Gasteiger partial charge >= 0.3 is 5.97 Å². The van der Waals surface area contributed by atoms with Crippen LogP contribution in [-0.4, -0.2) is 39.9 Å². The zero-order valence-electron chi connectivity index (χ0n) is 10.8. The van der Waals surface area contributed by atoms with Crippen molar-refractivity contribution < 1.29 is 19.5 Å². The number of carboxylic acids is 1. The summed E-state index contributed by atoms with van der Waals surface area (Å²) in [4.78, 5) is 34.4. The number of thioether (sulfide) groups is 1. The number of carbonyl (C=O) groups is 3. The van der Waals surface area contributed by atoms with Crippen LogP contribution in [0.3, 0.4) is 0 Å². The van der Waals surface area contributed by atoms with Crippen molar-refractivity contribution in [3.8, 4) is 0 Å². The van der Waals surface area contributed by atoms with Crippen molar-refractivity contribution in [2.24, 2.45) is 0 Å². The predicted molar refractivity (Wildman–Crippen MR) is 83.2 cm³/mol. The average Bonchev–Trinajstić information content (AvgIpc) is 2.43. The molecule has 1 saturated heterocycles. The van der Waals surface area contributed by atoms with Gasteiger partial charge in [0.05, 0.1) is 5.25 Å². The molecule has 1 fully saturated rings. The van der Waals surface area contributed by atoms with Crippen molar-refractivity contribution in [1.82, 2.24) is 5.32 Å². The number of aliphatic carboxylic acids is 1. The summed E-state index contributed by atoms with van der Waals surface area (Å²) in [6.07, 6.45) is 0.0128. The summed E-state index contributed by atoms with van der Waals surface area (Å²) in [5, 5.41) is 13.4. The van der Waals surface area contributed by atoms with E-state index in [-0.39, 0.29) is 18.1 Å². The third-order valence-electron chi connectivity index (χ3n) is 2.87. The maximum atomic E-state index is 11.9. The molecule has 1 aliphatic heterocycles. The minimum Gasteiger partial charge on any atom is -0.480 e. The van der Waals surface area contributed by atoms with Gasteiger partial charge in [-0.25, -0.2) is 4.79 Å². The zero-order chi connectivity index (χ0) is 15.4. The largest absolute Gasteiger partial charge is 0.480 e. The molecule has 112 valence electrons. The number of carboxylic acid groups (broad SMARTS) is 1. The number of hydrogen-bond donors (Lipinski definition) is 3. The lowest BCUT2D eigenvalue weighted by Crippen LogP contribution is -2.51. The summed E-state index contributed by atoms with van der Waals surface area (Å²) in [6.45, 7) is 0. The Morgan fingerprint density at radius 3 is 2.62 bits per heavy atom. The van der Waals surface area contributed by atoms with Crippen molar-refractivity contribution in [2.45, 2.75) is 17.7 Å². The number of benzene rings is 1. The lowest BCUT2D eigenvalue weighted by Gasteiger charge is -2.25. The van der Waals surface area contributed by atoms with Gasteiger partial charge in [-0.05, 0) is 24.3 Å². The number of rotatable bonds is 4. The van der Waals surface area contributed by atoms with Crippen LogP contribution in [0.2, 0.25) is 0 Å². The molecule has 0 radical (unpaired) electrons. The monoisotopic (exact) mass is 372 g/mol. The van der Waals surface area contributed by atoms with E-state index < -0.39 is 23.2 Å². The quantitative estimate of drug-likeness (QED) is 0.743. The third kappa shape index (κ3) is 4.47. The molecule has 0 aromatic heterocycles. The Balaban J connectivity index is 1.87. The average molecular weight is 373 g/mol. The molecule has 1 aromatic rings. The molecule has 21 heavy (non-hydrogen) atoms. The van der Waals surface area contributed by atoms with E-state index in [0.717, 1.165) is 4.47 Å². The fourth-order valence-electron chi connectivity index (χ4n) is 1.79. The molecule has 0 unspecified atom stereocenters. The fourth-order valence-corrected chi connectivity index (χ4v) is 3.20. The minimum atomic E-state index is -1.06. The Hall–Kier alpha value is -1.54. The SMILES string of the molecule is O=C(C[C@H]1SC[C@@H](C(=O)O)NC1=O)Nc1ccc(Br)cc1. The number of hydrogen-bond acceptors (Lipinski definition) is 4. The lowest BCUT2D eigenvalue weighted by molar-refractivity contribution is -0.141. The lowest BCUT2D eigenvalue weighted by atomic mass is 10.2. The van der Waals surface area contributed by atoms with E-state index in [0.29, 0.717) is 5.69 Å². The zero-order valence-corrected chi connectivity index (χ0v) is 13.2. The second-order valence-electron chi connectivity index (χ2n) is 4.48. The van der Waals surface area contributed by atoms with E-state index in [4.69, 9.17) is 5.11 Å². The molecule has 0 aliphatic carbocycles. The first-order valence-corrected chi connectivity index (χ1v) is 8.00. The van der Waals surface area contributed by atoms with E-state index in [1.165, 1.54) is 11.8 Å². The number of amides is 2. The molecular formula is C13H13BrN2O4S. The van der Waals surface area contributed by atoms with E-state index in [9.17, 15) is 14.4 Å². The van der Waals surface area contributed by atoms with Crippen LogP contribution in [0.5, 0.6) is 0 Å². The van der Waals surface area contributed by atoms with Crippen molar-refractivity contribution in [1.29, 1.82) is 0 Å². The van der Waals surface area contributed by atoms with Crippen LogP contribution >= 0.6 is 27.7 Å². The first-order valence-electron chi connectivity index (χ1n) is 6.16. The summed E-state index contributed by atoms with van der Waals surface area (Å²) in [7, 11) is 0. The van der Waals surface area contributed by atoms with Gasteiger partial charge in [0.1, 0.15) is 6.04 Å². The number of halogens is 1. The van der Waals surface area contributed by atoms with Crippen LogP contribution < -0.4 is 10.6 Å². The van der Waals surface area contributed by atoms with E-state index in [2.05, 4.69) is 26.6 Å². The van der Waals surface area contributed by atoms with E-state index in [1.807, 2.05) is 0 Å². The fraction of sp³-hybridized carbons (Fsp3) is 0.308. The van der Waals surface area contributed by atoms with Crippen LogP contribution in [0.25, 0.3) is 0 Å². The molecule has 1 heterocycles. The molecule has 1 aromatic carbocycles. The topological polar surface area (TPSA) is 95.5 Å². The molecule has 1 aliphatic rings. The maximum absolute atomic E-state index is 11.9. The molecule has 2 amide bonds. The Bertz CT molecular complexity index is 564. The van der Waals surface area contributed by atoms with Gasteiger partial charge in [0.2, 0.25) is 11.8 Å². The highest BCUT2D eigenvalue weighted by atomic mass is 79.9. The predicted octanol–water partition coefficient (Wildman–Crippen LogP) is 1.46. The third-order valence-corrected chi connectivity index (χ3v) is 4.71. The highest BCUT2D eigenvalue weighted by molar-refractivity contribution is 9.10. The van der Waals surface area contributed by atoms with Gasteiger partial charge in [0.25, 0.3) is 0 Å². The van der Waals surface area contributed by atoms with Gasteiger partial charge < -0.3 is 15.7 Å². The molecule has 0 bridgehead atoms. The Labute approximate surface area is 133 Å².